The van der Waals surface area contributed by atoms with Crippen LogP contribution in [0.4, 0.5) is 5.82 Å². The molecule has 7 heteroatoms. The van der Waals surface area contributed by atoms with Crippen molar-refractivity contribution in [3.8, 4) is 0 Å². The molecule has 1 aromatic rings. The van der Waals surface area contributed by atoms with Gasteiger partial charge in [0.2, 0.25) is 5.91 Å². The Labute approximate surface area is 86.1 Å². The lowest BCUT2D eigenvalue weighted by atomic mass is 10.1. The van der Waals surface area contributed by atoms with E-state index in [1.54, 1.807) is 6.07 Å². The molecule has 80 valence electrons. The number of aliphatic imine (C=N–C) groups is 1. The quantitative estimate of drug-likeness (QED) is 0.311. The molecule has 2 atom stereocenters. The molecule has 0 bridgehead atoms. The normalized spacial score (nSPS) is 23.7. The SMILES string of the molecule is Cc1cc2n(n1)C(N)C(C(=O)NN)C=N2. The van der Waals surface area contributed by atoms with E-state index in [0.29, 0.717) is 5.82 Å². The van der Waals surface area contributed by atoms with E-state index < -0.39 is 12.1 Å². The number of nitrogens with two attached hydrogens (primary N) is 2. The molecular weight excluding hydrogens is 196 g/mol. The molecule has 15 heavy (non-hydrogen) atoms. The molecule has 2 unspecified atom stereocenters. The number of aromatic nitrogens is 2. The Kier molecular flexibility index (Phi) is 2.25. The number of aryl methyl sites for hydroxylation is 1. The zero-order chi connectivity index (χ0) is 11.0. The zero-order valence-electron chi connectivity index (χ0n) is 8.21. The van der Waals surface area contributed by atoms with E-state index in [1.165, 1.54) is 10.9 Å². The molecular formula is C8H12N6O. The van der Waals surface area contributed by atoms with E-state index in [9.17, 15) is 4.79 Å². The minimum Gasteiger partial charge on any atom is -0.309 e. The van der Waals surface area contributed by atoms with E-state index in [2.05, 4.69) is 15.5 Å². The largest absolute Gasteiger partial charge is 0.309 e. The summed E-state index contributed by atoms with van der Waals surface area (Å²) < 4.78 is 1.52. The average Bonchev–Trinajstić information content (AvgIpc) is 2.59. The summed E-state index contributed by atoms with van der Waals surface area (Å²) in [4.78, 5) is 15.4. The van der Waals surface area contributed by atoms with Gasteiger partial charge in [0.15, 0.2) is 5.82 Å². The molecule has 0 spiro atoms. The average molecular weight is 208 g/mol. The maximum absolute atomic E-state index is 11.3. The van der Waals surface area contributed by atoms with Crippen LogP contribution in [-0.4, -0.2) is 21.9 Å². The van der Waals surface area contributed by atoms with Crippen molar-refractivity contribution < 1.29 is 4.79 Å². The van der Waals surface area contributed by atoms with Crippen LogP contribution < -0.4 is 17.0 Å². The summed E-state index contributed by atoms with van der Waals surface area (Å²) in [5, 5.41) is 4.16. The van der Waals surface area contributed by atoms with Gasteiger partial charge in [0, 0.05) is 12.3 Å². The van der Waals surface area contributed by atoms with Crippen LogP contribution in [0.15, 0.2) is 11.1 Å². The van der Waals surface area contributed by atoms with Crippen LogP contribution in [0.1, 0.15) is 11.9 Å². The lowest BCUT2D eigenvalue weighted by molar-refractivity contribution is -0.124. The van der Waals surface area contributed by atoms with Gasteiger partial charge in [0.1, 0.15) is 12.1 Å². The van der Waals surface area contributed by atoms with Gasteiger partial charge in [-0.3, -0.25) is 10.2 Å². The number of hydrazine groups is 1. The lowest BCUT2D eigenvalue weighted by Gasteiger charge is -2.23. The minimum atomic E-state index is -0.582. The number of nitrogens with one attached hydrogen (secondary N) is 1. The van der Waals surface area contributed by atoms with Crippen molar-refractivity contribution in [2.45, 2.75) is 13.1 Å². The minimum absolute atomic E-state index is 0.370. The fraction of sp³-hybridized carbons (Fsp3) is 0.375. The number of carbonyl (C=O) groups excluding carboxylic acids is 1. The third-order valence-corrected chi connectivity index (χ3v) is 2.30. The van der Waals surface area contributed by atoms with Gasteiger partial charge in [-0.2, -0.15) is 5.10 Å². The zero-order valence-corrected chi connectivity index (χ0v) is 8.21. The molecule has 1 aliphatic heterocycles. The molecule has 0 aromatic carbocycles. The molecule has 0 saturated heterocycles. The summed E-state index contributed by atoms with van der Waals surface area (Å²) in [6.45, 7) is 1.84. The molecule has 0 fully saturated rings. The van der Waals surface area contributed by atoms with E-state index in [4.69, 9.17) is 11.6 Å². The fourth-order valence-corrected chi connectivity index (χ4v) is 1.53. The topological polar surface area (TPSA) is 111 Å². The molecule has 5 N–H and O–H groups in total. The van der Waals surface area contributed by atoms with E-state index in [0.717, 1.165) is 5.69 Å². The maximum Gasteiger partial charge on any atom is 0.245 e. The Hall–Kier alpha value is -1.73. The molecule has 0 aliphatic carbocycles. The monoisotopic (exact) mass is 208 g/mol. The van der Waals surface area contributed by atoms with Gasteiger partial charge in [-0.15, -0.1) is 0 Å². The summed E-state index contributed by atoms with van der Waals surface area (Å²) in [5.41, 5.74) is 8.74. The summed E-state index contributed by atoms with van der Waals surface area (Å²) >= 11 is 0. The van der Waals surface area contributed by atoms with Crippen LogP contribution in [0.25, 0.3) is 0 Å². The Morgan fingerprint density at radius 3 is 3.07 bits per heavy atom. The van der Waals surface area contributed by atoms with Crippen molar-refractivity contribution in [2.75, 3.05) is 0 Å². The number of amides is 1. The number of rotatable bonds is 1. The predicted octanol–water partition coefficient (Wildman–Crippen LogP) is -1.03. The molecule has 1 aliphatic rings. The van der Waals surface area contributed by atoms with Crippen LogP contribution in [0.2, 0.25) is 0 Å². The van der Waals surface area contributed by atoms with Crippen molar-refractivity contribution >= 4 is 17.9 Å². The first-order chi connectivity index (χ1) is 7.13. The second-order valence-corrected chi connectivity index (χ2v) is 3.39. The first kappa shape index (κ1) is 9.81. The highest BCUT2D eigenvalue weighted by Gasteiger charge is 2.30. The Bertz CT molecular complexity index is 423. The van der Waals surface area contributed by atoms with Crippen LogP contribution in [-0.2, 0) is 4.79 Å². The highest BCUT2D eigenvalue weighted by molar-refractivity contribution is 5.94. The molecule has 2 heterocycles. The van der Waals surface area contributed by atoms with Gasteiger partial charge in [0.05, 0.1) is 5.69 Å². The number of nitrogens with zero attached hydrogens (tertiary/aromatic N) is 3. The number of hydrogen-bond acceptors (Lipinski definition) is 5. The number of fused-ring (bicyclic) bond motifs is 1. The van der Waals surface area contributed by atoms with Crippen molar-refractivity contribution in [3.05, 3.63) is 11.8 Å². The summed E-state index contributed by atoms with van der Waals surface area (Å²) in [7, 11) is 0. The molecule has 0 saturated carbocycles. The molecule has 1 amide bonds. The summed E-state index contributed by atoms with van der Waals surface area (Å²) in [5.74, 6) is 4.75. The van der Waals surface area contributed by atoms with Gasteiger partial charge in [-0.25, -0.2) is 15.5 Å². The smallest absolute Gasteiger partial charge is 0.245 e. The van der Waals surface area contributed by atoms with Crippen LogP contribution in [0, 0.1) is 12.8 Å². The van der Waals surface area contributed by atoms with Crippen molar-refractivity contribution in [1.29, 1.82) is 0 Å². The van der Waals surface area contributed by atoms with Crippen molar-refractivity contribution in [1.82, 2.24) is 15.2 Å². The Morgan fingerprint density at radius 1 is 1.67 bits per heavy atom. The van der Waals surface area contributed by atoms with Gasteiger partial charge in [-0.05, 0) is 6.92 Å². The van der Waals surface area contributed by atoms with Gasteiger partial charge >= 0.3 is 0 Å². The Balaban J connectivity index is 2.35. The Morgan fingerprint density at radius 2 is 2.40 bits per heavy atom. The first-order valence-corrected chi connectivity index (χ1v) is 4.50. The molecule has 0 radical (unpaired) electrons. The van der Waals surface area contributed by atoms with Crippen LogP contribution >= 0.6 is 0 Å². The molecule has 1 aromatic heterocycles. The van der Waals surface area contributed by atoms with Gasteiger partial charge in [0.25, 0.3) is 0 Å². The third-order valence-electron chi connectivity index (χ3n) is 2.30. The number of hydrogen-bond donors (Lipinski definition) is 3. The van der Waals surface area contributed by atoms with Crippen molar-refractivity contribution in [2.24, 2.45) is 22.5 Å². The van der Waals surface area contributed by atoms with Crippen LogP contribution in [0.3, 0.4) is 0 Å². The molecule has 7 nitrogen and oxygen atoms in total. The molecule has 2 rings (SSSR count). The summed E-state index contributed by atoms with van der Waals surface area (Å²) in [6.07, 6.45) is 0.929. The van der Waals surface area contributed by atoms with Crippen LogP contribution in [0.5, 0.6) is 0 Å². The third kappa shape index (κ3) is 1.51. The van der Waals surface area contributed by atoms with E-state index in [-0.39, 0.29) is 5.91 Å². The van der Waals surface area contributed by atoms with E-state index in [1.807, 2.05) is 6.92 Å². The standard InChI is InChI=1S/C8H12N6O/c1-4-2-6-11-3-5(8(15)12-10)7(9)14(6)13-4/h2-3,5,7H,9-10H2,1H3,(H,12,15). The highest BCUT2D eigenvalue weighted by atomic mass is 16.2. The van der Waals surface area contributed by atoms with E-state index >= 15 is 0 Å². The maximum atomic E-state index is 11.3. The fourth-order valence-electron chi connectivity index (χ4n) is 1.53. The second kappa shape index (κ2) is 3.44. The number of carbonyl (C=O) groups is 1. The predicted molar refractivity (Wildman–Crippen MR) is 54.2 cm³/mol. The lowest BCUT2D eigenvalue weighted by Crippen LogP contribution is -2.44. The second-order valence-electron chi connectivity index (χ2n) is 3.39. The van der Waals surface area contributed by atoms with Gasteiger partial charge < -0.3 is 5.73 Å². The van der Waals surface area contributed by atoms with Gasteiger partial charge in [-0.1, -0.05) is 0 Å². The first-order valence-electron chi connectivity index (χ1n) is 4.50. The van der Waals surface area contributed by atoms with Crippen molar-refractivity contribution in [3.63, 3.8) is 0 Å². The summed E-state index contributed by atoms with van der Waals surface area (Å²) in [6, 6.07) is 1.80. The highest BCUT2D eigenvalue weighted by Crippen LogP contribution is 2.25.